The van der Waals surface area contributed by atoms with Crippen molar-refractivity contribution in [2.75, 3.05) is 11.9 Å². The fraction of sp³-hybridized carbons (Fsp3) is 0.300. The van der Waals surface area contributed by atoms with Crippen LogP contribution in [0.25, 0.3) is 0 Å². The van der Waals surface area contributed by atoms with Gasteiger partial charge < -0.3 is 5.32 Å². The van der Waals surface area contributed by atoms with Crippen LogP contribution in [0.15, 0.2) is 24.3 Å². The van der Waals surface area contributed by atoms with Crippen LogP contribution in [0.1, 0.15) is 0 Å². The van der Waals surface area contributed by atoms with Crippen LogP contribution in [0.3, 0.4) is 0 Å². The summed E-state index contributed by atoms with van der Waals surface area (Å²) in [6, 6.07) is 7.42. The Morgan fingerprint density at radius 3 is 2.31 bits per heavy atom. The van der Waals surface area contributed by atoms with Crippen LogP contribution < -0.4 is 5.32 Å². The lowest BCUT2D eigenvalue weighted by Crippen LogP contribution is -2.28. The smallest absolute Gasteiger partial charge is 0.383 e. The second kappa shape index (κ2) is 5.08. The van der Waals surface area contributed by atoms with E-state index in [0.29, 0.717) is 10.7 Å². The lowest BCUT2D eigenvalue weighted by Gasteiger charge is -2.14. The van der Waals surface area contributed by atoms with Crippen molar-refractivity contribution in [2.45, 2.75) is 6.18 Å². The Balaban J connectivity index is 2.57. The summed E-state index contributed by atoms with van der Waals surface area (Å²) >= 11 is 5.61. The van der Waals surface area contributed by atoms with Gasteiger partial charge in [0.05, 0.1) is 6.07 Å². The van der Waals surface area contributed by atoms with Gasteiger partial charge in [0.1, 0.15) is 0 Å². The van der Waals surface area contributed by atoms with Crippen molar-refractivity contribution < 1.29 is 13.2 Å². The van der Waals surface area contributed by atoms with Crippen LogP contribution in [-0.4, -0.2) is 12.7 Å². The SMILES string of the molecule is N#CC(CNc1ccc(Cl)cc1)C(F)(F)F. The normalized spacial score (nSPS) is 12.9. The van der Waals surface area contributed by atoms with Crippen LogP contribution >= 0.6 is 11.6 Å². The van der Waals surface area contributed by atoms with E-state index in [1.165, 1.54) is 6.07 Å². The first-order valence-corrected chi connectivity index (χ1v) is 4.77. The highest BCUT2D eigenvalue weighted by Crippen LogP contribution is 2.26. The molecular weight excluding hydrogens is 241 g/mol. The average Bonchev–Trinajstić information content (AvgIpc) is 2.19. The molecule has 0 saturated carbocycles. The number of benzene rings is 1. The van der Waals surface area contributed by atoms with Crippen molar-refractivity contribution in [2.24, 2.45) is 5.92 Å². The molecule has 0 saturated heterocycles. The number of nitriles is 1. The molecule has 1 unspecified atom stereocenters. The van der Waals surface area contributed by atoms with Gasteiger partial charge in [-0.3, -0.25) is 0 Å². The summed E-state index contributed by atoms with van der Waals surface area (Å²) in [4.78, 5) is 0. The molecule has 0 bridgehead atoms. The van der Waals surface area contributed by atoms with Gasteiger partial charge in [0.2, 0.25) is 0 Å². The van der Waals surface area contributed by atoms with E-state index in [0.717, 1.165) is 0 Å². The van der Waals surface area contributed by atoms with Gasteiger partial charge in [0, 0.05) is 17.3 Å². The Hall–Kier alpha value is -1.41. The maximum atomic E-state index is 12.2. The monoisotopic (exact) mass is 248 g/mol. The lowest BCUT2D eigenvalue weighted by atomic mass is 10.1. The summed E-state index contributed by atoms with van der Waals surface area (Å²) in [7, 11) is 0. The molecule has 1 atom stereocenters. The summed E-state index contributed by atoms with van der Waals surface area (Å²) in [6.45, 7) is -0.471. The Kier molecular flexibility index (Phi) is 4.02. The molecule has 1 N–H and O–H groups in total. The van der Waals surface area contributed by atoms with Gasteiger partial charge in [-0.1, -0.05) is 11.6 Å². The van der Waals surface area contributed by atoms with Gasteiger partial charge in [-0.2, -0.15) is 18.4 Å². The molecule has 86 valence electrons. The van der Waals surface area contributed by atoms with Crippen molar-refractivity contribution in [1.82, 2.24) is 0 Å². The van der Waals surface area contributed by atoms with E-state index >= 15 is 0 Å². The Bertz CT molecular complexity index is 381. The second-order valence-corrected chi connectivity index (χ2v) is 3.55. The highest BCUT2D eigenvalue weighted by Gasteiger charge is 2.39. The maximum absolute atomic E-state index is 12.2. The molecule has 16 heavy (non-hydrogen) atoms. The van der Waals surface area contributed by atoms with Crippen LogP contribution in [0.4, 0.5) is 18.9 Å². The van der Waals surface area contributed by atoms with Crippen LogP contribution in [0, 0.1) is 17.2 Å². The molecule has 0 radical (unpaired) electrons. The standard InChI is InChI=1S/C10H8ClF3N2/c11-8-1-3-9(4-2-8)16-6-7(5-15)10(12,13)14/h1-4,7,16H,6H2. The van der Waals surface area contributed by atoms with Gasteiger partial charge in [0.25, 0.3) is 0 Å². The van der Waals surface area contributed by atoms with Gasteiger partial charge in [-0.25, -0.2) is 0 Å². The van der Waals surface area contributed by atoms with Gasteiger partial charge in [-0.05, 0) is 24.3 Å². The molecule has 1 aromatic rings. The zero-order valence-electron chi connectivity index (χ0n) is 8.05. The fourth-order valence-corrected chi connectivity index (χ4v) is 1.15. The van der Waals surface area contributed by atoms with Gasteiger partial charge in [-0.15, -0.1) is 0 Å². The Morgan fingerprint density at radius 1 is 1.31 bits per heavy atom. The number of anilines is 1. The molecule has 0 fully saturated rings. The van der Waals surface area contributed by atoms with E-state index in [-0.39, 0.29) is 0 Å². The summed E-state index contributed by atoms with van der Waals surface area (Å²) in [5.74, 6) is -2.01. The predicted octanol–water partition coefficient (Wildman–Crippen LogP) is 3.45. The first-order chi connectivity index (χ1) is 7.43. The number of hydrogen-bond acceptors (Lipinski definition) is 2. The highest BCUT2D eigenvalue weighted by atomic mass is 35.5. The molecule has 0 amide bonds. The number of alkyl halides is 3. The number of nitrogens with one attached hydrogen (secondary N) is 1. The first-order valence-electron chi connectivity index (χ1n) is 4.39. The molecule has 0 aliphatic carbocycles. The summed E-state index contributed by atoms with van der Waals surface area (Å²) in [5, 5.41) is 11.4. The second-order valence-electron chi connectivity index (χ2n) is 3.11. The number of hydrogen-bond donors (Lipinski definition) is 1. The van der Waals surface area contributed by atoms with Crippen molar-refractivity contribution in [1.29, 1.82) is 5.26 Å². The van der Waals surface area contributed by atoms with E-state index in [1.54, 1.807) is 24.3 Å². The largest absolute Gasteiger partial charge is 0.406 e. The minimum absolute atomic E-state index is 0.471. The Morgan fingerprint density at radius 2 is 1.88 bits per heavy atom. The number of nitrogens with zero attached hydrogens (tertiary/aromatic N) is 1. The topological polar surface area (TPSA) is 35.8 Å². The number of rotatable bonds is 3. The summed E-state index contributed by atoms with van der Waals surface area (Å²) in [6.07, 6.45) is -4.51. The molecule has 0 spiro atoms. The Labute approximate surface area is 95.6 Å². The first kappa shape index (κ1) is 12.7. The molecule has 6 heteroatoms. The van der Waals surface area contributed by atoms with Crippen molar-refractivity contribution in [3.63, 3.8) is 0 Å². The summed E-state index contributed by atoms with van der Waals surface area (Å²) < 4.78 is 36.6. The van der Waals surface area contributed by atoms with Crippen LogP contribution in [0.2, 0.25) is 5.02 Å². The van der Waals surface area contributed by atoms with E-state index in [2.05, 4.69) is 5.32 Å². The maximum Gasteiger partial charge on any atom is 0.406 e. The molecule has 1 rings (SSSR count). The third-order valence-electron chi connectivity index (χ3n) is 1.91. The van der Waals surface area contributed by atoms with Crippen LogP contribution in [0.5, 0.6) is 0 Å². The lowest BCUT2D eigenvalue weighted by molar-refractivity contribution is -0.155. The van der Waals surface area contributed by atoms with Gasteiger partial charge >= 0.3 is 6.18 Å². The minimum atomic E-state index is -4.51. The van der Waals surface area contributed by atoms with Gasteiger partial charge in [0.15, 0.2) is 5.92 Å². The molecule has 0 aliphatic heterocycles. The molecule has 1 aromatic carbocycles. The van der Waals surface area contributed by atoms with Crippen molar-refractivity contribution in [3.05, 3.63) is 29.3 Å². The quantitative estimate of drug-likeness (QED) is 0.889. The highest BCUT2D eigenvalue weighted by molar-refractivity contribution is 6.30. The molecular formula is C10H8ClF3N2. The molecule has 0 heterocycles. The molecule has 2 nitrogen and oxygen atoms in total. The molecule has 0 aliphatic rings. The van der Waals surface area contributed by atoms with Crippen molar-refractivity contribution >= 4 is 17.3 Å². The zero-order chi connectivity index (χ0) is 12.2. The zero-order valence-corrected chi connectivity index (χ0v) is 8.81. The predicted molar refractivity (Wildman–Crippen MR) is 55.1 cm³/mol. The van der Waals surface area contributed by atoms with E-state index in [4.69, 9.17) is 16.9 Å². The third-order valence-corrected chi connectivity index (χ3v) is 2.16. The molecule has 0 aromatic heterocycles. The minimum Gasteiger partial charge on any atom is -0.383 e. The van der Waals surface area contributed by atoms with Crippen molar-refractivity contribution in [3.8, 4) is 6.07 Å². The van der Waals surface area contributed by atoms with E-state index in [1.807, 2.05) is 0 Å². The average molecular weight is 249 g/mol. The van der Waals surface area contributed by atoms with E-state index in [9.17, 15) is 13.2 Å². The fourth-order valence-electron chi connectivity index (χ4n) is 1.02. The van der Waals surface area contributed by atoms with Crippen LogP contribution in [-0.2, 0) is 0 Å². The summed E-state index contributed by atoms with van der Waals surface area (Å²) in [5.41, 5.74) is 0.494. The van der Waals surface area contributed by atoms with E-state index < -0.39 is 18.6 Å². The third kappa shape index (κ3) is 3.63. The number of halogens is 4.